The Morgan fingerprint density at radius 1 is 0.470 bits per heavy atom. The summed E-state index contributed by atoms with van der Waals surface area (Å²) in [4.78, 5) is 35.8. The number of hydrogen-bond acceptors (Lipinski definition) is 12. The van der Waals surface area contributed by atoms with Gasteiger partial charge in [-0.15, -0.1) is 0 Å². The first-order valence-corrected chi connectivity index (χ1v) is 27.1. The fraction of sp³-hybridized carbons (Fsp3) is 0.769. The maximum absolute atomic E-state index is 12.8. The highest BCUT2D eigenvalue weighted by Crippen LogP contribution is 2.47. The number of esters is 2. The molecule has 6 unspecified atom stereocenters. The standard InChI is InChI=1S/C52H91O13P/c1-3-5-7-9-11-13-15-17-19-21-23-25-27-29-31-33-35-37-39-41-46(54)64-44(43-63-66(60,61)65-52-50(58)48(56)47(55)49(57)51(52)59)42-62-45(53)40-38-36-34-32-30-28-26-24-22-20-18-16-14-12-10-8-6-4-2/h11,13-14,16-17,19-20,22-23,25,44,47-52,55-59H,3-10,12,15,18,21,24,26-43H2,1-2H3,(H,60,61)/b13-11-,16-14-,19-17-,22-20-,25-23-. The molecular formula is C52H91O13P. The second-order valence-electron chi connectivity index (χ2n) is 17.7. The van der Waals surface area contributed by atoms with Crippen LogP contribution in [-0.2, 0) is 32.7 Å². The molecule has 1 aliphatic rings. The molecule has 0 radical (unpaired) electrons. The predicted molar refractivity (Wildman–Crippen MR) is 262 cm³/mol. The van der Waals surface area contributed by atoms with Gasteiger partial charge in [-0.3, -0.25) is 18.6 Å². The number of unbranched alkanes of at least 4 members (excludes halogenated alkanes) is 20. The van der Waals surface area contributed by atoms with Crippen molar-refractivity contribution in [2.75, 3.05) is 13.2 Å². The van der Waals surface area contributed by atoms with Crippen molar-refractivity contribution in [3.63, 3.8) is 0 Å². The topological polar surface area (TPSA) is 210 Å². The van der Waals surface area contributed by atoms with Gasteiger partial charge in [0.15, 0.2) is 6.10 Å². The molecule has 0 saturated heterocycles. The molecule has 1 fully saturated rings. The Labute approximate surface area is 398 Å². The molecule has 6 N–H and O–H groups in total. The lowest BCUT2D eigenvalue weighted by molar-refractivity contribution is -0.220. The zero-order valence-corrected chi connectivity index (χ0v) is 41.6. The lowest BCUT2D eigenvalue weighted by Gasteiger charge is -2.41. The maximum Gasteiger partial charge on any atom is 0.472 e. The molecule has 1 rings (SSSR count). The van der Waals surface area contributed by atoms with E-state index in [2.05, 4.69) is 74.6 Å². The van der Waals surface area contributed by atoms with Crippen LogP contribution >= 0.6 is 7.82 Å². The summed E-state index contributed by atoms with van der Waals surface area (Å²) in [6, 6.07) is 0. The van der Waals surface area contributed by atoms with E-state index in [0.29, 0.717) is 12.8 Å². The van der Waals surface area contributed by atoms with Crippen molar-refractivity contribution < 1.29 is 63.1 Å². The van der Waals surface area contributed by atoms with Gasteiger partial charge >= 0.3 is 19.8 Å². The zero-order chi connectivity index (χ0) is 48.5. The molecule has 0 amide bonds. The van der Waals surface area contributed by atoms with E-state index in [-0.39, 0.29) is 12.8 Å². The van der Waals surface area contributed by atoms with Crippen LogP contribution in [0.1, 0.15) is 200 Å². The number of aliphatic hydroxyl groups excluding tert-OH is 5. The number of allylic oxidation sites excluding steroid dienone is 10. The number of ether oxygens (including phenoxy) is 2. The quantitative estimate of drug-likeness (QED) is 0.0146. The molecule has 0 bridgehead atoms. The van der Waals surface area contributed by atoms with E-state index in [1.54, 1.807) is 0 Å². The molecule has 0 aromatic heterocycles. The highest BCUT2D eigenvalue weighted by molar-refractivity contribution is 7.47. The average Bonchev–Trinajstić information content (AvgIpc) is 3.30. The van der Waals surface area contributed by atoms with E-state index < -0.39 is 75.7 Å². The number of rotatable bonds is 42. The fourth-order valence-electron chi connectivity index (χ4n) is 7.44. The van der Waals surface area contributed by atoms with E-state index >= 15 is 0 Å². The molecule has 6 atom stereocenters. The van der Waals surface area contributed by atoms with Crippen molar-refractivity contribution in [1.82, 2.24) is 0 Å². The van der Waals surface area contributed by atoms with E-state index in [9.17, 15) is 44.6 Å². The number of carbonyl (C=O) groups excluding carboxylic acids is 2. The normalized spacial score (nSPS) is 21.8. The Morgan fingerprint density at radius 3 is 1.27 bits per heavy atom. The van der Waals surface area contributed by atoms with Crippen LogP contribution in [0.3, 0.4) is 0 Å². The van der Waals surface area contributed by atoms with Gasteiger partial charge < -0.3 is 39.9 Å². The van der Waals surface area contributed by atoms with Crippen molar-refractivity contribution in [1.29, 1.82) is 0 Å². The third-order valence-electron chi connectivity index (χ3n) is 11.6. The van der Waals surface area contributed by atoms with Crippen LogP contribution in [-0.4, -0.2) is 98.3 Å². The SMILES string of the molecule is CCCCC/C=C\C/C=C\C/C=C\CCCCCCCCC(=O)OC(COC(=O)CCCCCCCCC/C=C\C/C=C\CCCCCC)COP(=O)(O)OC1C(O)C(O)C(O)C(O)C1O. The van der Waals surface area contributed by atoms with Gasteiger partial charge in [0.1, 0.15) is 43.2 Å². The molecule has 382 valence electrons. The third kappa shape index (κ3) is 33.1. The minimum Gasteiger partial charge on any atom is -0.462 e. The van der Waals surface area contributed by atoms with E-state index in [1.165, 1.54) is 51.4 Å². The van der Waals surface area contributed by atoms with Gasteiger partial charge in [0, 0.05) is 12.8 Å². The van der Waals surface area contributed by atoms with Crippen LogP contribution in [0.5, 0.6) is 0 Å². The molecular weight excluding hydrogens is 864 g/mol. The molecule has 14 heteroatoms. The first-order chi connectivity index (χ1) is 31.9. The number of aliphatic hydroxyl groups is 5. The Hall–Kier alpha value is -2.45. The zero-order valence-electron chi connectivity index (χ0n) is 40.7. The average molecular weight is 955 g/mol. The van der Waals surface area contributed by atoms with Crippen molar-refractivity contribution in [3.05, 3.63) is 60.8 Å². The summed E-state index contributed by atoms with van der Waals surface area (Å²) in [5, 5.41) is 50.3. The molecule has 66 heavy (non-hydrogen) atoms. The van der Waals surface area contributed by atoms with Crippen molar-refractivity contribution in [3.8, 4) is 0 Å². The van der Waals surface area contributed by atoms with E-state index in [4.69, 9.17) is 18.5 Å². The summed E-state index contributed by atoms with van der Waals surface area (Å²) in [5.41, 5.74) is 0. The number of phosphoric ester groups is 1. The Morgan fingerprint density at radius 2 is 0.818 bits per heavy atom. The fourth-order valence-corrected chi connectivity index (χ4v) is 8.41. The van der Waals surface area contributed by atoms with Crippen LogP contribution in [0.15, 0.2) is 60.8 Å². The monoisotopic (exact) mass is 955 g/mol. The summed E-state index contributed by atoms with van der Waals surface area (Å²) in [5.74, 6) is -1.12. The van der Waals surface area contributed by atoms with Gasteiger partial charge in [-0.2, -0.15) is 0 Å². The number of carbonyl (C=O) groups is 2. The Balaban J connectivity index is 2.43. The van der Waals surface area contributed by atoms with Gasteiger partial charge in [-0.05, 0) is 83.5 Å². The molecule has 0 heterocycles. The minimum absolute atomic E-state index is 0.0782. The predicted octanol–water partition coefficient (Wildman–Crippen LogP) is 10.9. The lowest BCUT2D eigenvalue weighted by atomic mass is 9.85. The molecule has 1 saturated carbocycles. The molecule has 1 aliphatic carbocycles. The summed E-state index contributed by atoms with van der Waals surface area (Å²) < 4.78 is 33.6. The van der Waals surface area contributed by atoms with E-state index in [1.807, 2.05) is 0 Å². The van der Waals surface area contributed by atoms with Crippen LogP contribution in [0.4, 0.5) is 0 Å². The molecule has 0 aromatic carbocycles. The highest BCUT2D eigenvalue weighted by atomic mass is 31.2. The largest absolute Gasteiger partial charge is 0.472 e. The maximum atomic E-state index is 12.8. The van der Waals surface area contributed by atoms with Gasteiger partial charge in [0.25, 0.3) is 0 Å². The van der Waals surface area contributed by atoms with Crippen molar-refractivity contribution in [2.45, 2.75) is 243 Å². The summed E-state index contributed by atoms with van der Waals surface area (Å²) in [6.07, 6.45) is 38.3. The third-order valence-corrected chi connectivity index (χ3v) is 12.6. The Kier molecular flexibility index (Phi) is 38.7. The van der Waals surface area contributed by atoms with Gasteiger partial charge in [0.05, 0.1) is 6.61 Å². The lowest BCUT2D eigenvalue weighted by Crippen LogP contribution is -2.64. The minimum atomic E-state index is -5.13. The van der Waals surface area contributed by atoms with Gasteiger partial charge in [0.2, 0.25) is 0 Å². The first-order valence-electron chi connectivity index (χ1n) is 25.6. The van der Waals surface area contributed by atoms with Crippen LogP contribution in [0.2, 0.25) is 0 Å². The molecule has 0 aromatic rings. The first kappa shape index (κ1) is 61.6. The number of hydrogen-bond donors (Lipinski definition) is 6. The summed E-state index contributed by atoms with van der Waals surface area (Å²) >= 11 is 0. The highest BCUT2D eigenvalue weighted by Gasteiger charge is 2.51. The molecule has 0 spiro atoms. The summed E-state index contributed by atoms with van der Waals surface area (Å²) in [7, 11) is -5.13. The molecule has 13 nitrogen and oxygen atoms in total. The van der Waals surface area contributed by atoms with Crippen molar-refractivity contribution >= 4 is 19.8 Å². The van der Waals surface area contributed by atoms with Crippen LogP contribution < -0.4 is 0 Å². The second-order valence-corrected chi connectivity index (χ2v) is 19.1. The smallest absolute Gasteiger partial charge is 0.462 e. The number of phosphoric acid groups is 1. The molecule has 0 aliphatic heterocycles. The van der Waals surface area contributed by atoms with Gasteiger partial charge in [-0.25, -0.2) is 4.57 Å². The van der Waals surface area contributed by atoms with Crippen LogP contribution in [0, 0.1) is 0 Å². The van der Waals surface area contributed by atoms with Crippen LogP contribution in [0.25, 0.3) is 0 Å². The van der Waals surface area contributed by atoms with Crippen molar-refractivity contribution in [2.24, 2.45) is 0 Å². The van der Waals surface area contributed by atoms with E-state index in [0.717, 1.165) is 109 Å². The summed E-state index contributed by atoms with van der Waals surface area (Å²) in [6.45, 7) is 3.25. The Bertz CT molecular complexity index is 1380. The second kappa shape index (κ2) is 41.5. The van der Waals surface area contributed by atoms with Gasteiger partial charge in [-0.1, -0.05) is 164 Å².